The molecule has 8 bridgehead atoms. The number of fused-ring (bicyclic) bond motifs is 20. The summed E-state index contributed by atoms with van der Waals surface area (Å²) in [6.45, 7) is 0.288. The van der Waals surface area contributed by atoms with Crippen LogP contribution in [0.2, 0.25) is 0 Å². The zero-order chi connectivity index (χ0) is 31.7. The van der Waals surface area contributed by atoms with E-state index in [1.165, 1.54) is 0 Å². The molecule has 0 amide bonds. The molecular weight excluding hydrogens is 693 g/mol. The molecule has 9 rings (SSSR count). The van der Waals surface area contributed by atoms with E-state index in [0.29, 0.717) is 57.0 Å². The second-order valence-corrected chi connectivity index (χ2v) is 13.6. The van der Waals surface area contributed by atoms with E-state index in [2.05, 4.69) is 14.5 Å². The zero-order valence-electron chi connectivity index (χ0n) is 24.8. The number of rotatable bonds is 4. The third-order valence-corrected chi connectivity index (χ3v) is 10.3. The van der Waals surface area contributed by atoms with E-state index in [1.54, 1.807) is 18.2 Å². The van der Waals surface area contributed by atoms with Gasteiger partial charge >= 0.3 is 17.1 Å². The maximum absolute atomic E-state index is 13.2. The molecule has 2 aliphatic heterocycles. The summed E-state index contributed by atoms with van der Waals surface area (Å²) in [5, 5.41) is 6.00. The Hall–Kier alpha value is -4.90. The van der Waals surface area contributed by atoms with Gasteiger partial charge in [0.15, 0.2) is 9.84 Å². The first kappa shape index (κ1) is 30.4. The smallest absolute Gasteiger partial charge is 0.357 e. The fourth-order valence-corrected chi connectivity index (χ4v) is 7.54. The topological polar surface area (TPSA) is 152 Å². The molecule has 0 saturated heterocycles. The molecule has 0 aliphatic carbocycles. The van der Waals surface area contributed by atoms with Gasteiger partial charge in [-0.3, -0.25) is 5.09 Å². The van der Waals surface area contributed by atoms with Crippen molar-refractivity contribution >= 4 is 63.4 Å². The summed E-state index contributed by atoms with van der Waals surface area (Å²) in [6.07, 6.45) is 0. The van der Waals surface area contributed by atoms with Crippen molar-refractivity contribution in [1.29, 1.82) is 0 Å². The van der Waals surface area contributed by atoms with E-state index in [-0.39, 0.29) is 34.3 Å². The second kappa shape index (κ2) is 11.7. The van der Waals surface area contributed by atoms with Gasteiger partial charge in [-0.25, -0.2) is 18.4 Å². The van der Waals surface area contributed by atoms with Gasteiger partial charge in [0, 0.05) is 51.4 Å². The van der Waals surface area contributed by atoms with Crippen LogP contribution in [0.25, 0.3) is 89.7 Å². The maximum atomic E-state index is 13.2. The third kappa shape index (κ3) is 4.90. The normalized spacial score (nSPS) is 12.1. The predicted octanol–water partition coefficient (Wildman–Crippen LogP) is 5.28. The summed E-state index contributed by atoms with van der Waals surface area (Å²) in [4.78, 5) is 39.3. The number of benzene rings is 4. The van der Waals surface area contributed by atoms with E-state index in [0.717, 1.165) is 32.7 Å². The van der Waals surface area contributed by atoms with Crippen LogP contribution >= 0.6 is 9.39 Å². The summed E-state index contributed by atoms with van der Waals surface area (Å²) in [5.41, 5.74) is 4.60. The van der Waals surface area contributed by atoms with Crippen LogP contribution in [-0.2, 0) is 26.9 Å². The minimum atomic E-state index is -3.59. The van der Waals surface area contributed by atoms with Crippen LogP contribution in [0.3, 0.4) is 0 Å². The number of aromatic nitrogens is 8. The quantitative estimate of drug-likeness (QED) is 0.187. The van der Waals surface area contributed by atoms with Gasteiger partial charge in [-0.1, -0.05) is 88.3 Å². The van der Waals surface area contributed by atoms with Crippen molar-refractivity contribution < 1.29 is 25.5 Å². The minimum absolute atomic E-state index is 0. The van der Waals surface area contributed by atoms with Crippen molar-refractivity contribution in [2.75, 3.05) is 12.3 Å². The zero-order valence-corrected chi connectivity index (χ0v) is 27.7. The molecule has 48 heavy (non-hydrogen) atoms. The molecule has 5 heterocycles. The molecule has 14 heteroatoms. The van der Waals surface area contributed by atoms with E-state index in [9.17, 15) is 8.42 Å². The molecule has 1 radical (unpaired) electrons. The van der Waals surface area contributed by atoms with Gasteiger partial charge in [0.1, 0.15) is 0 Å². The van der Waals surface area contributed by atoms with Crippen LogP contribution in [0.15, 0.2) is 95.9 Å². The van der Waals surface area contributed by atoms with Crippen molar-refractivity contribution in [3.05, 3.63) is 91.0 Å². The summed E-state index contributed by atoms with van der Waals surface area (Å²) in [6, 6.07) is 28.2. The number of sulfone groups is 1. The fraction of sp³-hybridized carbons (Fsp3) is 0.0588. The summed E-state index contributed by atoms with van der Waals surface area (Å²) in [5.74, 6) is 1.56. The molecule has 3 aromatic heterocycles. The SMILES string of the molecule is O=S(=O)(CCNP)c1ccc2c(c1)-c1nc-2nc2[n-]c(nc3nc(nc4[n-]c(n1)c1ccccc41)-c1ccccc1-3)c1ccccc21.[Cu+2]. The summed E-state index contributed by atoms with van der Waals surface area (Å²) < 4.78 is 26.4. The maximum Gasteiger partial charge on any atom is 2.00 e. The molecule has 237 valence electrons. The Kier molecular flexibility index (Phi) is 7.39. The Bertz CT molecular complexity index is 2720. The van der Waals surface area contributed by atoms with Gasteiger partial charge in [-0.05, 0) is 33.7 Å². The molecule has 2 aliphatic rings. The Morgan fingerprint density at radius 2 is 0.938 bits per heavy atom. The second-order valence-electron chi connectivity index (χ2n) is 11.1. The van der Waals surface area contributed by atoms with Gasteiger partial charge in [0.25, 0.3) is 0 Å². The number of hydrogen-bond donors (Lipinski definition) is 1. The standard InChI is InChI=1S/C34H22N9O2PS.Cu/c44-47(45,16-15-35-46)18-13-14-25-26(17-18)34-42-32-24-12-6-5-11-23(24)30(40-32)38-28-20-8-2-1-7-19(20)27(36-28)37-29-21-9-3-4-10-22(21)31(39-29)41-33(25)43-34;/h1-14,17,35H,15-16,46H2;/q-2;+2. The molecule has 1 atom stereocenters. The van der Waals surface area contributed by atoms with Crippen LogP contribution < -0.4 is 15.1 Å². The Balaban J connectivity index is 0.00000336. The monoisotopic (exact) mass is 714 g/mol. The molecule has 4 aromatic carbocycles. The average Bonchev–Trinajstić information content (AvgIpc) is 3.83. The average molecular weight is 715 g/mol. The van der Waals surface area contributed by atoms with Gasteiger partial charge in [-0.2, -0.15) is 0 Å². The molecule has 0 saturated carbocycles. The largest absolute Gasteiger partial charge is 2.00 e. The first-order valence-corrected chi connectivity index (χ1v) is 17.0. The van der Waals surface area contributed by atoms with Crippen LogP contribution in [-0.4, -0.2) is 50.6 Å². The molecule has 11 nitrogen and oxygen atoms in total. The van der Waals surface area contributed by atoms with Gasteiger partial charge in [0.05, 0.1) is 33.9 Å². The van der Waals surface area contributed by atoms with Crippen LogP contribution in [0.4, 0.5) is 0 Å². The van der Waals surface area contributed by atoms with E-state index < -0.39 is 9.84 Å². The Morgan fingerprint density at radius 1 is 0.542 bits per heavy atom. The van der Waals surface area contributed by atoms with Crippen molar-refractivity contribution in [1.82, 2.24) is 45.0 Å². The first-order valence-electron chi connectivity index (χ1n) is 14.8. The van der Waals surface area contributed by atoms with E-state index >= 15 is 0 Å². The Morgan fingerprint density at radius 3 is 1.38 bits per heavy atom. The molecule has 0 fully saturated rings. The molecular formula is C34H22CuN9O2PS. The van der Waals surface area contributed by atoms with E-state index in [4.69, 9.17) is 39.9 Å². The molecule has 1 unspecified atom stereocenters. The minimum Gasteiger partial charge on any atom is -0.357 e. The molecule has 0 spiro atoms. The third-order valence-electron chi connectivity index (χ3n) is 8.27. The molecule has 1 N–H and O–H groups in total. The van der Waals surface area contributed by atoms with Gasteiger partial charge in [0.2, 0.25) is 0 Å². The summed E-state index contributed by atoms with van der Waals surface area (Å²) >= 11 is 0. The van der Waals surface area contributed by atoms with Crippen molar-refractivity contribution in [3.8, 4) is 45.6 Å². The number of nitrogens with zero attached hydrogens (tertiary/aromatic N) is 8. The van der Waals surface area contributed by atoms with Crippen molar-refractivity contribution in [3.63, 3.8) is 0 Å². The van der Waals surface area contributed by atoms with Crippen LogP contribution in [0.1, 0.15) is 0 Å². The predicted molar refractivity (Wildman–Crippen MR) is 184 cm³/mol. The first-order chi connectivity index (χ1) is 23.0. The van der Waals surface area contributed by atoms with Crippen molar-refractivity contribution in [2.45, 2.75) is 4.90 Å². The van der Waals surface area contributed by atoms with Crippen LogP contribution in [0, 0.1) is 0 Å². The van der Waals surface area contributed by atoms with E-state index in [1.807, 2.05) is 72.8 Å². The Labute approximate surface area is 286 Å². The summed E-state index contributed by atoms with van der Waals surface area (Å²) in [7, 11) is -1.26. The van der Waals surface area contributed by atoms with Gasteiger partial charge < -0.3 is 29.9 Å². The molecule has 7 aromatic rings. The number of nitrogens with one attached hydrogen (secondary N) is 1. The fourth-order valence-electron chi connectivity index (χ4n) is 5.99. The number of hydrogen-bond acceptors (Lipinski definition) is 9. The van der Waals surface area contributed by atoms with Crippen molar-refractivity contribution in [2.24, 2.45) is 0 Å². The van der Waals surface area contributed by atoms with Gasteiger partial charge in [-0.15, -0.1) is 0 Å². The van der Waals surface area contributed by atoms with Crippen LogP contribution in [0.5, 0.6) is 0 Å².